The molecular formula is C13H19NO. The highest BCUT2D eigenvalue weighted by atomic mass is 16.3. The average molecular weight is 205 g/mol. The van der Waals surface area contributed by atoms with Crippen LogP contribution in [0.4, 0.5) is 5.69 Å². The van der Waals surface area contributed by atoms with E-state index < -0.39 is 0 Å². The lowest BCUT2D eigenvalue weighted by atomic mass is 10.0. The smallest absolute Gasteiger partial charge is 0.0635 e. The normalized spacial score (nSPS) is 21.7. The Balaban J connectivity index is 2.16. The first kappa shape index (κ1) is 10.5. The van der Waals surface area contributed by atoms with Gasteiger partial charge in [-0.2, -0.15) is 0 Å². The molecule has 2 heteroatoms. The van der Waals surface area contributed by atoms with E-state index in [2.05, 4.69) is 36.1 Å². The molecule has 1 saturated heterocycles. The Bertz CT molecular complexity index is 307. The van der Waals surface area contributed by atoms with Crippen molar-refractivity contribution in [1.82, 2.24) is 0 Å². The van der Waals surface area contributed by atoms with Crippen LogP contribution < -0.4 is 4.90 Å². The van der Waals surface area contributed by atoms with Gasteiger partial charge in [-0.05, 0) is 38.3 Å². The first-order valence-corrected chi connectivity index (χ1v) is 5.75. The van der Waals surface area contributed by atoms with Gasteiger partial charge in [-0.3, -0.25) is 0 Å². The van der Waals surface area contributed by atoms with Crippen LogP contribution in [0.5, 0.6) is 0 Å². The van der Waals surface area contributed by atoms with Gasteiger partial charge in [0.2, 0.25) is 0 Å². The van der Waals surface area contributed by atoms with Gasteiger partial charge in [0.15, 0.2) is 0 Å². The van der Waals surface area contributed by atoms with Gasteiger partial charge in [0.25, 0.3) is 0 Å². The zero-order valence-electron chi connectivity index (χ0n) is 9.32. The standard InChI is InChI=1S/C13H19NO/c1-11-5-7-12(8-6-11)14-9-3-2-4-13(14)10-15/h5-8,13,15H,2-4,9-10H2,1H3/t13-/m1/s1. The summed E-state index contributed by atoms with van der Waals surface area (Å²) in [5.74, 6) is 0. The second-order valence-corrected chi connectivity index (χ2v) is 4.36. The van der Waals surface area contributed by atoms with Crippen molar-refractivity contribution in [2.45, 2.75) is 32.2 Å². The maximum absolute atomic E-state index is 9.34. The summed E-state index contributed by atoms with van der Waals surface area (Å²) >= 11 is 0. The summed E-state index contributed by atoms with van der Waals surface area (Å²) in [6.45, 7) is 3.45. The van der Waals surface area contributed by atoms with Crippen molar-refractivity contribution >= 4 is 5.69 Å². The molecule has 0 unspecified atom stereocenters. The highest BCUT2D eigenvalue weighted by Crippen LogP contribution is 2.24. The molecule has 0 saturated carbocycles. The Morgan fingerprint density at radius 2 is 2.00 bits per heavy atom. The molecule has 0 bridgehead atoms. The van der Waals surface area contributed by atoms with Crippen molar-refractivity contribution in [3.8, 4) is 0 Å². The van der Waals surface area contributed by atoms with Crippen LogP contribution in [0.1, 0.15) is 24.8 Å². The van der Waals surface area contributed by atoms with Crippen molar-refractivity contribution in [3.63, 3.8) is 0 Å². The van der Waals surface area contributed by atoms with Crippen LogP contribution in [0.2, 0.25) is 0 Å². The van der Waals surface area contributed by atoms with Gasteiger partial charge < -0.3 is 10.0 Å². The van der Waals surface area contributed by atoms with Crippen LogP contribution in [0.15, 0.2) is 24.3 Å². The Morgan fingerprint density at radius 3 is 2.67 bits per heavy atom. The average Bonchev–Trinajstić information content (AvgIpc) is 2.30. The highest BCUT2D eigenvalue weighted by Gasteiger charge is 2.21. The zero-order valence-corrected chi connectivity index (χ0v) is 9.32. The van der Waals surface area contributed by atoms with Gasteiger partial charge in [0, 0.05) is 12.2 Å². The van der Waals surface area contributed by atoms with E-state index >= 15 is 0 Å². The summed E-state index contributed by atoms with van der Waals surface area (Å²) in [6.07, 6.45) is 3.60. The second kappa shape index (κ2) is 4.67. The maximum Gasteiger partial charge on any atom is 0.0635 e. The van der Waals surface area contributed by atoms with Crippen molar-refractivity contribution in [3.05, 3.63) is 29.8 Å². The fraction of sp³-hybridized carbons (Fsp3) is 0.538. The predicted molar refractivity (Wildman–Crippen MR) is 63.2 cm³/mol. The number of hydrogen-bond donors (Lipinski definition) is 1. The fourth-order valence-electron chi connectivity index (χ4n) is 2.27. The van der Waals surface area contributed by atoms with Gasteiger partial charge in [0.05, 0.1) is 12.6 Å². The Labute approximate surface area is 91.5 Å². The summed E-state index contributed by atoms with van der Waals surface area (Å²) in [7, 11) is 0. The Kier molecular flexibility index (Phi) is 3.27. The number of aryl methyl sites for hydroxylation is 1. The lowest BCUT2D eigenvalue weighted by Gasteiger charge is -2.36. The van der Waals surface area contributed by atoms with E-state index in [0.717, 1.165) is 13.0 Å². The minimum atomic E-state index is 0.272. The quantitative estimate of drug-likeness (QED) is 0.801. The monoisotopic (exact) mass is 205 g/mol. The Morgan fingerprint density at radius 1 is 1.27 bits per heavy atom. The van der Waals surface area contributed by atoms with E-state index in [1.54, 1.807) is 0 Å². The molecule has 1 fully saturated rings. The summed E-state index contributed by atoms with van der Waals surface area (Å²) in [5, 5.41) is 9.34. The SMILES string of the molecule is Cc1ccc(N2CCCC[C@@H]2CO)cc1. The van der Waals surface area contributed by atoms with Crippen LogP contribution in [-0.2, 0) is 0 Å². The molecule has 1 heterocycles. The van der Waals surface area contributed by atoms with Crippen LogP contribution in [-0.4, -0.2) is 24.3 Å². The van der Waals surface area contributed by atoms with E-state index in [4.69, 9.17) is 0 Å². The summed E-state index contributed by atoms with van der Waals surface area (Å²) < 4.78 is 0. The van der Waals surface area contributed by atoms with Crippen molar-refractivity contribution in [2.24, 2.45) is 0 Å². The molecule has 0 aromatic heterocycles. The molecule has 0 aliphatic carbocycles. The predicted octanol–water partition coefficient (Wildman–Crippen LogP) is 2.35. The first-order valence-electron chi connectivity index (χ1n) is 5.75. The number of aliphatic hydroxyl groups excluding tert-OH is 1. The van der Waals surface area contributed by atoms with E-state index in [1.807, 2.05) is 0 Å². The molecule has 0 amide bonds. The molecule has 1 atom stereocenters. The van der Waals surface area contributed by atoms with Gasteiger partial charge in [-0.15, -0.1) is 0 Å². The van der Waals surface area contributed by atoms with E-state index in [0.29, 0.717) is 6.04 Å². The lowest BCUT2D eigenvalue weighted by Crippen LogP contribution is -2.41. The van der Waals surface area contributed by atoms with Crippen LogP contribution in [0, 0.1) is 6.92 Å². The van der Waals surface area contributed by atoms with Crippen LogP contribution in [0.3, 0.4) is 0 Å². The molecule has 2 nitrogen and oxygen atoms in total. The summed E-state index contributed by atoms with van der Waals surface area (Å²) in [6, 6.07) is 8.91. The molecule has 0 radical (unpaired) electrons. The number of nitrogens with zero attached hydrogens (tertiary/aromatic N) is 1. The molecule has 1 aliphatic rings. The van der Waals surface area contributed by atoms with Gasteiger partial charge in [-0.1, -0.05) is 17.7 Å². The molecule has 1 aliphatic heterocycles. The van der Waals surface area contributed by atoms with E-state index in [1.165, 1.54) is 24.1 Å². The number of benzene rings is 1. The third kappa shape index (κ3) is 2.32. The molecule has 1 aromatic carbocycles. The molecule has 1 N–H and O–H groups in total. The number of anilines is 1. The number of hydrogen-bond acceptors (Lipinski definition) is 2. The summed E-state index contributed by atoms with van der Waals surface area (Å²) in [4.78, 5) is 2.34. The molecule has 2 rings (SSSR count). The van der Waals surface area contributed by atoms with Crippen LogP contribution >= 0.6 is 0 Å². The topological polar surface area (TPSA) is 23.5 Å². The van der Waals surface area contributed by atoms with Crippen LogP contribution in [0.25, 0.3) is 0 Å². The zero-order chi connectivity index (χ0) is 10.7. The van der Waals surface area contributed by atoms with E-state index in [9.17, 15) is 5.11 Å². The highest BCUT2D eigenvalue weighted by molar-refractivity contribution is 5.48. The third-order valence-electron chi connectivity index (χ3n) is 3.20. The second-order valence-electron chi connectivity index (χ2n) is 4.36. The van der Waals surface area contributed by atoms with E-state index in [-0.39, 0.29) is 6.61 Å². The van der Waals surface area contributed by atoms with Gasteiger partial charge >= 0.3 is 0 Å². The fourth-order valence-corrected chi connectivity index (χ4v) is 2.27. The third-order valence-corrected chi connectivity index (χ3v) is 3.20. The largest absolute Gasteiger partial charge is 0.394 e. The minimum Gasteiger partial charge on any atom is -0.394 e. The van der Waals surface area contributed by atoms with Gasteiger partial charge in [-0.25, -0.2) is 0 Å². The first-order chi connectivity index (χ1) is 7.31. The summed E-state index contributed by atoms with van der Waals surface area (Å²) in [5.41, 5.74) is 2.54. The molecular weight excluding hydrogens is 186 g/mol. The number of piperidine rings is 1. The number of aliphatic hydroxyl groups is 1. The Hall–Kier alpha value is -1.02. The van der Waals surface area contributed by atoms with Gasteiger partial charge in [0.1, 0.15) is 0 Å². The maximum atomic E-state index is 9.34. The minimum absolute atomic E-state index is 0.272. The molecule has 82 valence electrons. The molecule has 15 heavy (non-hydrogen) atoms. The van der Waals surface area contributed by atoms with Crippen molar-refractivity contribution in [1.29, 1.82) is 0 Å². The molecule has 1 aromatic rings. The lowest BCUT2D eigenvalue weighted by molar-refractivity contribution is 0.240. The number of rotatable bonds is 2. The van der Waals surface area contributed by atoms with Crippen molar-refractivity contribution in [2.75, 3.05) is 18.1 Å². The van der Waals surface area contributed by atoms with Crippen molar-refractivity contribution < 1.29 is 5.11 Å². The molecule has 0 spiro atoms.